The van der Waals surface area contributed by atoms with E-state index in [2.05, 4.69) is 28.7 Å². The highest BCUT2D eigenvalue weighted by Crippen LogP contribution is 2.32. The van der Waals surface area contributed by atoms with Crippen molar-refractivity contribution in [1.82, 2.24) is 9.97 Å². The third-order valence-corrected chi connectivity index (χ3v) is 5.11. The Balaban J connectivity index is 1.94. The summed E-state index contributed by atoms with van der Waals surface area (Å²) in [5, 5.41) is 9.47. The molecule has 1 aliphatic rings. The topological polar surface area (TPSA) is 82.0 Å². The predicted octanol–water partition coefficient (Wildman–Crippen LogP) is 3.26. The van der Waals surface area contributed by atoms with E-state index in [0.29, 0.717) is 24.7 Å². The Kier molecular flexibility index (Phi) is 5.50. The van der Waals surface area contributed by atoms with Crippen LogP contribution in [-0.2, 0) is 6.42 Å². The van der Waals surface area contributed by atoms with Crippen LogP contribution in [0.5, 0.6) is 5.75 Å². The highest BCUT2D eigenvalue weighted by molar-refractivity contribution is 5.53. The van der Waals surface area contributed by atoms with Gasteiger partial charge in [0.2, 0.25) is 0 Å². The first kappa shape index (κ1) is 19.0. The van der Waals surface area contributed by atoms with Crippen LogP contribution in [0.25, 0.3) is 0 Å². The summed E-state index contributed by atoms with van der Waals surface area (Å²) in [6.07, 6.45) is 2.47. The number of nitriles is 1. The van der Waals surface area contributed by atoms with Crippen LogP contribution >= 0.6 is 0 Å². The van der Waals surface area contributed by atoms with Crippen LogP contribution in [0.2, 0.25) is 0 Å². The number of nitrogens with one attached hydrogen (secondary N) is 1. The van der Waals surface area contributed by atoms with Gasteiger partial charge in [0.05, 0.1) is 6.61 Å². The molecule has 142 valence electrons. The van der Waals surface area contributed by atoms with Gasteiger partial charge in [0.15, 0.2) is 11.4 Å². The smallest absolute Gasteiger partial charge is 0.271 e. The fourth-order valence-corrected chi connectivity index (χ4v) is 3.37. The van der Waals surface area contributed by atoms with Crippen molar-refractivity contribution in [3.8, 4) is 11.8 Å². The van der Waals surface area contributed by atoms with E-state index in [1.165, 1.54) is 0 Å². The largest absolute Gasteiger partial charge is 0.494 e. The van der Waals surface area contributed by atoms with Crippen LogP contribution in [0.15, 0.2) is 29.1 Å². The molecule has 0 aliphatic carbocycles. The van der Waals surface area contributed by atoms with Crippen molar-refractivity contribution in [1.29, 1.82) is 5.26 Å². The molecule has 1 fully saturated rings. The fourth-order valence-electron chi connectivity index (χ4n) is 3.37. The van der Waals surface area contributed by atoms with Crippen LogP contribution in [-0.4, -0.2) is 29.7 Å². The van der Waals surface area contributed by atoms with E-state index in [0.717, 1.165) is 37.2 Å². The molecule has 27 heavy (non-hydrogen) atoms. The summed E-state index contributed by atoms with van der Waals surface area (Å²) in [4.78, 5) is 22.0. The van der Waals surface area contributed by atoms with Crippen molar-refractivity contribution >= 4 is 5.82 Å². The van der Waals surface area contributed by atoms with Gasteiger partial charge < -0.3 is 14.6 Å². The Hall–Kier alpha value is -2.81. The Morgan fingerprint density at radius 3 is 2.67 bits per heavy atom. The monoisotopic (exact) mass is 366 g/mol. The fraction of sp³-hybridized carbons (Fsp3) is 0.476. The van der Waals surface area contributed by atoms with Gasteiger partial charge in [-0.15, -0.1) is 0 Å². The minimum Gasteiger partial charge on any atom is -0.494 e. The number of anilines is 1. The second-order valence-electron chi connectivity index (χ2n) is 7.69. The van der Waals surface area contributed by atoms with Crippen LogP contribution in [0.4, 0.5) is 5.82 Å². The van der Waals surface area contributed by atoms with E-state index < -0.39 is 0 Å². The van der Waals surface area contributed by atoms with E-state index in [1.807, 2.05) is 37.3 Å². The SMILES string of the molecule is CCOc1ccccc1Cc1nc(N2CCC(C)(C)CC2)c(C#N)c(=O)[nH]1. The summed E-state index contributed by atoms with van der Waals surface area (Å²) in [6, 6.07) is 9.77. The number of benzene rings is 1. The van der Waals surface area contributed by atoms with Crippen LogP contribution in [0.3, 0.4) is 0 Å². The van der Waals surface area contributed by atoms with Gasteiger partial charge in [-0.25, -0.2) is 4.98 Å². The normalized spacial score (nSPS) is 16.0. The quantitative estimate of drug-likeness (QED) is 0.878. The van der Waals surface area contributed by atoms with Gasteiger partial charge in [0.25, 0.3) is 5.56 Å². The first-order chi connectivity index (χ1) is 12.9. The van der Waals surface area contributed by atoms with Gasteiger partial charge in [-0.3, -0.25) is 4.79 Å². The lowest BCUT2D eigenvalue weighted by atomic mass is 9.82. The number of rotatable bonds is 5. The minimum absolute atomic E-state index is 0.0940. The summed E-state index contributed by atoms with van der Waals surface area (Å²) in [5.41, 5.74) is 0.953. The van der Waals surface area contributed by atoms with Crippen LogP contribution < -0.4 is 15.2 Å². The van der Waals surface area contributed by atoms with Gasteiger partial charge in [0.1, 0.15) is 17.6 Å². The summed E-state index contributed by atoms with van der Waals surface area (Å²) in [7, 11) is 0. The molecule has 6 heteroatoms. The molecule has 3 rings (SSSR count). The maximum atomic E-state index is 12.5. The average Bonchev–Trinajstić information content (AvgIpc) is 2.63. The number of aromatic amines is 1. The first-order valence-corrected chi connectivity index (χ1v) is 9.42. The maximum Gasteiger partial charge on any atom is 0.271 e. The molecule has 0 radical (unpaired) electrons. The van der Waals surface area contributed by atoms with Gasteiger partial charge >= 0.3 is 0 Å². The van der Waals surface area contributed by atoms with Crippen LogP contribution in [0, 0.1) is 16.7 Å². The molecule has 1 saturated heterocycles. The molecule has 6 nitrogen and oxygen atoms in total. The molecule has 0 unspecified atom stereocenters. The Morgan fingerprint density at radius 1 is 1.30 bits per heavy atom. The van der Waals surface area contributed by atoms with Crippen molar-refractivity contribution in [2.75, 3.05) is 24.6 Å². The average molecular weight is 366 g/mol. The molecule has 2 heterocycles. The lowest BCUT2D eigenvalue weighted by Gasteiger charge is -2.37. The van der Waals surface area contributed by atoms with E-state index in [1.54, 1.807) is 0 Å². The second kappa shape index (κ2) is 7.83. The van der Waals surface area contributed by atoms with E-state index in [4.69, 9.17) is 4.74 Å². The molecular formula is C21H26N4O2. The Bertz CT molecular complexity index is 901. The Labute approximate surface area is 159 Å². The summed E-state index contributed by atoms with van der Waals surface area (Å²) in [5.74, 6) is 1.83. The molecule has 0 atom stereocenters. The third kappa shape index (κ3) is 4.30. The molecule has 1 aromatic carbocycles. The van der Waals surface area contributed by atoms with Crippen molar-refractivity contribution in [3.63, 3.8) is 0 Å². The number of H-pyrrole nitrogens is 1. The van der Waals surface area contributed by atoms with Crippen LogP contribution in [0.1, 0.15) is 50.6 Å². The number of para-hydroxylation sites is 1. The molecule has 0 spiro atoms. The molecule has 1 aromatic heterocycles. The second-order valence-corrected chi connectivity index (χ2v) is 7.69. The van der Waals surface area contributed by atoms with Crippen molar-refractivity contribution < 1.29 is 4.74 Å². The summed E-state index contributed by atoms with van der Waals surface area (Å²) >= 11 is 0. The Morgan fingerprint density at radius 2 is 2.00 bits per heavy atom. The molecule has 2 aromatic rings. The lowest BCUT2D eigenvalue weighted by Crippen LogP contribution is -2.39. The molecule has 0 amide bonds. The van der Waals surface area contributed by atoms with E-state index in [-0.39, 0.29) is 16.5 Å². The zero-order valence-electron chi connectivity index (χ0n) is 16.2. The standard InChI is InChI=1S/C21H26N4O2/c1-4-27-17-8-6-5-7-15(17)13-18-23-19(16(14-22)20(26)24-18)25-11-9-21(2,3)10-12-25/h5-8H,4,9-13H2,1-3H3,(H,23,24,26). The number of ether oxygens (including phenoxy) is 1. The maximum absolute atomic E-state index is 12.5. The highest BCUT2D eigenvalue weighted by Gasteiger charge is 2.28. The molecule has 0 bridgehead atoms. The number of piperidine rings is 1. The van der Waals surface area contributed by atoms with E-state index >= 15 is 0 Å². The lowest BCUT2D eigenvalue weighted by molar-refractivity contribution is 0.279. The zero-order chi connectivity index (χ0) is 19.4. The molecule has 1 N–H and O–H groups in total. The molecule has 1 aliphatic heterocycles. The minimum atomic E-state index is -0.378. The number of nitrogens with zero attached hydrogens (tertiary/aromatic N) is 3. The van der Waals surface area contributed by atoms with E-state index in [9.17, 15) is 10.1 Å². The van der Waals surface area contributed by atoms with Gasteiger partial charge in [-0.1, -0.05) is 32.0 Å². The zero-order valence-corrected chi connectivity index (χ0v) is 16.2. The molecular weight excluding hydrogens is 340 g/mol. The molecule has 0 saturated carbocycles. The van der Waals surface area contributed by atoms with Crippen molar-refractivity contribution in [2.45, 2.75) is 40.0 Å². The van der Waals surface area contributed by atoms with Crippen molar-refractivity contribution in [2.24, 2.45) is 5.41 Å². The number of aromatic nitrogens is 2. The van der Waals surface area contributed by atoms with Crippen molar-refractivity contribution in [3.05, 3.63) is 51.6 Å². The number of hydrogen-bond acceptors (Lipinski definition) is 5. The summed E-state index contributed by atoms with van der Waals surface area (Å²) < 4.78 is 5.67. The predicted molar refractivity (Wildman–Crippen MR) is 105 cm³/mol. The number of hydrogen-bond donors (Lipinski definition) is 1. The summed E-state index contributed by atoms with van der Waals surface area (Å²) in [6.45, 7) is 8.60. The van der Waals surface area contributed by atoms with Gasteiger partial charge in [-0.05, 0) is 31.2 Å². The van der Waals surface area contributed by atoms with Gasteiger partial charge in [0, 0.05) is 25.1 Å². The third-order valence-electron chi connectivity index (χ3n) is 5.11. The highest BCUT2D eigenvalue weighted by atomic mass is 16.5. The van der Waals surface area contributed by atoms with Gasteiger partial charge in [-0.2, -0.15) is 5.26 Å². The first-order valence-electron chi connectivity index (χ1n) is 9.42.